The summed E-state index contributed by atoms with van der Waals surface area (Å²) in [5, 5.41) is 9.12. The van der Waals surface area contributed by atoms with E-state index >= 15 is 0 Å². The van der Waals surface area contributed by atoms with Crippen molar-refractivity contribution >= 4 is 11.9 Å². The zero-order valence-electron chi connectivity index (χ0n) is 12.6. The molecule has 0 aromatic carbocycles. The molecule has 2 aliphatic rings. The lowest BCUT2D eigenvalue weighted by Crippen LogP contribution is -2.37. The van der Waals surface area contributed by atoms with E-state index in [9.17, 15) is 9.59 Å². The van der Waals surface area contributed by atoms with Gasteiger partial charge in [-0.15, -0.1) is 0 Å². The number of hydrogen-bond acceptors (Lipinski definition) is 2. The third-order valence-electron chi connectivity index (χ3n) is 4.74. The third kappa shape index (κ3) is 4.22. The number of hydrogen-bond donors (Lipinski definition) is 1. The minimum absolute atomic E-state index is 0.155. The van der Waals surface area contributed by atoms with Gasteiger partial charge in [0.15, 0.2) is 0 Å². The number of carboxylic acid groups (broad SMARTS) is 1. The number of amides is 1. The van der Waals surface area contributed by atoms with E-state index in [2.05, 4.69) is 6.92 Å². The molecule has 0 saturated heterocycles. The Morgan fingerprint density at radius 1 is 1.20 bits per heavy atom. The van der Waals surface area contributed by atoms with Gasteiger partial charge in [-0.1, -0.05) is 19.8 Å². The van der Waals surface area contributed by atoms with E-state index < -0.39 is 5.97 Å². The second kappa shape index (κ2) is 6.59. The normalized spacial score (nSPS) is 20.9. The molecule has 2 aliphatic carbocycles. The topological polar surface area (TPSA) is 57.6 Å². The van der Waals surface area contributed by atoms with Crippen LogP contribution in [0, 0.1) is 11.3 Å². The van der Waals surface area contributed by atoms with E-state index in [0.717, 1.165) is 45.2 Å². The molecule has 0 aromatic rings. The predicted molar refractivity (Wildman–Crippen MR) is 77.4 cm³/mol. The highest BCUT2D eigenvalue weighted by Crippen LogP contribution is 2.44. The van der Waals surface area contributed by atoms with Gasteiger partial charge >= 0.3 is 5.97 Å². The third-order valence-corrected chi connectivity index (χ3v) is 4.74. The summed E-state index contributed by atoms with van der Waals surface area (Å²) in [7, 11) is 0. The van der Waals surface area contributed by atoms with Crippen molar-refractivity contribution in [3.63, 3.8) is 0 Å². The van der Waals surface area contributed by atoms with Crippen molar-refractivity contribution in [1.29, 1.82) is 0 Å². The summed E-state index contributed by atoms with van der Waals surface area (Å²) in [5.74, 6) is 0.121. The minimum Gasteiger partial charge on any atom is -0.481 e. The molecule has 1 N–H and O–H groups in total. The van der Waals surface area contributed by atoms with Crippen LogP contribution < -0.4 is 0 Å². The minimum atomic E-state index is -0.760. The molecule has 114 valence electrons. The predicted octanol–water partition coefficient (Wildman–Crippen LogP) is 3.06. The second-order valence-corrected chi connectivity index (χ2v) is 6.74. The van der Waals surface area contributed by atoms with Gasteiger partial charge in [-0.2, -0.15) is 0 Å². The van der Waals surface area contributed by atoms with Crippen LogP contribution in [-0.2, 0) is 9.59 Å². The van der Waals surface area contributed by atoms with E-state index in [-0.39, 0.29) is 17.7 Å². The Kier molecular flexibility index (Phi) is 5.06. The van der Waals surface area contributed by atoms with Crippen LogP contribution in [0.4, 0.5) is 0 Å². The number of aliphatic carboxylic acids is 1. The van der Waals surface area contributed by atoms with Crippen LogP contribution in [0.25, 0.3) is 0 Å². The molecule has 0 spiro atoms. The molecule has 20 heavy (non-hydrogen) atoms. The van der Waals surface area contributed by atoms with Crippen molar-refractivity contribution in [1.82, 2.24) is 4.90 Å². The highest BCUT2D eigenvalue weighted by atomic mass is 16.4. The first-order valence-corrected chi connectivity index (χ1v) is 8.04. The molecule has 2 fully saturated rings. The van der Waals surface area contributed by atoms with Crippen molar-refractivity contribution < 1.29 is 14.7 Å². The molecule has 0 atom stereocenters. The van der Waals surface area contributed by atoms with Crippen molar-refractivity contribution in [3.05, 3.63) is 0 Å². The summed E-state index contributed by atoms with van der Waals surface area (Å²) in [5.41, 5.74) is -0.265. The summed E-state index contributed by atoms with van der Waals surface area (Å²) in [6.45, 7) is 3.80. The lowest BCUT2D eigenvalue weighted by Gasteiger charge is -2.30. The Morgan fingerprint density at radius 2 is 1.85 bits per heavy atom. The van der Waals surface area contributed by atoms with Gasteiger partial charge in [0, 0.05) is 19.5 Å². The van der Waals surface area contributed by atoms with E-state index in [1.807, 2.05) is 4.90 Å². The lowest BCUT2D eigenvalue weighted by molar-refractivity contribution is -0.141. The second-order valence-electron chi connectivity index (χ2n) is 6.74. The fraction of sp³-hybridized carbons (Fsp3) is 0.875. The zero-order chi connectivity index (χ0) is 14.6. The number of carbonyl (C=O) groups is 2. The SMILES string of the molecule is CCCN(CC1CC1)C(=O)CC1(CC(=O)O)CCCC1. The van der Waals surface area contributed by atoms with Gasteiger partial charge in [0.25, 0.3) is 0 Å². The van der Waals surface area contributed by atoms with Gasteiger partial charge in [0.2, 0.25) is 5.91 Å². The molecule has 0 heterocycles. The Bertz CT molecular complexity index is 357. The first kappa shape index (κ1) is 15.3. The van der Waals surface area contributed by atoms with Crippen LogP contribution in [0.15, 0.2) is 0 Å². The number of rotatable bonds is 8. The molecule has 0 aliphatic heterocycles. The lowest BCUT2D eigenvalue weighted by atomic mass is 9.79. The van der Waals surface area contributed by atoms with Crippen LogP contribution in [0.3, 0.4) is 0 Å². The number of carbonyl (C=O) groups excluding carboxylic acids is 1. The average molecular weight is 281 g/mol. The number of carboxylic acids is 1. The Labute approximate surface area is 121 Å². The van der Waals surface area contributed by atoms with Crippen LogP contribution in [0.5, 0.6) is 0 Å². The fourth-order valence-electron chi connectivity index (χ4n) is 3.49. The van der Waals surface area contributed by atoms with Gasteiger partial charge in [-0.25, -0.2) is 0 Å². The first-order valence-electron chi connectivity index (χ1n) is 8.04. The molecule has 4 nitrogen and oxygen atoms in total. The summed E-state index contributed by atoms with van der Waals surface area (Å²) in [6.07, 6.45) is 7.98. The average Bonchev–Trinajstić information content (AvgIpc) is 3.08. The molecule has 0 bridgehead atoms. The van der Waals surface area contributed by atoms with Crippen LogP contribution in [0.1, 0.15) is 64.7 Å². The molecule has 1 amide bonds. The molecular weight excluding hydrogens is 254 g/mol. The van der Waals surface area contributed by atoms with Crippen molar-refractivity contribution in [2.24, 2.45) is 11.3 Å². The standard InChI is InChI=1S/C16H27NO3/c1-2-9-17(12-13-5-6-13)14(18)10-16(11-15(19)20)7-3-4-8-16/h13H,2-12H2,1H3,(H,19,20). The van der Waals surface area contributed by atoms with Gasteiger partial charge in [0.1, 0.15) is 0 Å². The summed E-state index contributed by atoms with van der Waals surface area (Å²) in [6, 6.07) is 0. The smallest absolute Gasteiger partial charge is 0.303 e. The van der Waals surface area contributed by atoms with E-state index in [1.165, 1.54) is 12.8 Å². The van der Waals surface area contributed by atoms with Crippen LogP contribution in [0.2, 0.25) is 0 Å². The number of nitrogens with zero attached hydrogens (tertiary/aromatic N) is 1. The van der Waals surface area contributed by atoms with Crippen LogP contribution in [-0.4, -0.2) is 35.0 Å². The highest BCUT2D eigenvalue weighted by molar-refractivity contribution is 5.78. The molecular formula is C16H27NO3. The summed E-state index contributed by atoms with van der Waals surface area (Å²) in [4.78, 5) is 25.7. The Balaban J connectivity index is 1.96. The maximum atomic E-state index is 12.6. The van der Waals surface area contributed by atoms with Gasteiger partial charge < -0.3 is 10.0 Å². The molecule has 0 radical (unpaired) electrons. The molecule has 0 unspecified atom stereocenters. The monoisotopic (exact) mass is 281 g/mol. The highest BCUT2D eigenvalue weighted by Gasteiger charge is 2.39. The summed E-state index contributed by atoms with van der Waals surface area (Å²) < 4.78 is 0. The van der Waals surface area contributed by atoms with Crippen molar-refractivity contribution in [3.8, 4) is 0 Å². The molecule has 2 saturated carbocycles. The van der Waals surface area contributed by atoms with E-state index in [1.54, 1.807) is 0 Å². The zero-order valence-corrected chi connectivity index (χ0v) is 12.6. The van der Waals surface area contributed by atoms with E-state index in [0.29, 0.717) is 12.3 Å². The maximum Gasteiger partial charge on any atom is 0.303 e. The van der Waals surface area contributed by atoms with Gasteiger partial charge in [0.05, 0.1) is 6.42 Å². The van der Waals surface area contributed by atoms with E-state index in [4.69, 9.17) is 5.11 Å². The Morgan fingerprint density at radius 3 is 2.35 bits per heavy atom. The first-order chi connectivity index (χ1) is 9.54. The maximum absolute atomic E-state index is 12.6. The Hall–Kier alpha value is -1.06. The van der Waals surface area contributed by atoms with Gasteiger partial charge in [-0.05, 0) is 43.4 Å². The fourth-order valence-corrected chi connectivity index (χ4v) is 3.49. The quantitative estimate of drug-likeness (QED) is 0.744. The van der Waals surface area contributed by atoms with Gasteiger partial charge in [-0.3, -0.25) is 9.59 Å². The molecule has 0 aromatic heterocycles. The van der Waals surface area contributed by atoms with Crippen molar-refractivity contribution in [2.75, 3.05) is 13.1 Å². The van der Waals surface area contributed by atoms with Crippen molar-refractivity contribution in [2.45, 2.75) is 64.7 Å². The van der Waals surface area contributed by atoms with Crippen LogP contribution >= 0.6 is 0 Å². The molecule has 2 rings (SSSR count). The largest absolute Gasteiger partial charge is 0.481 e. The molecule has 4 heteroatoms. The summed E-state index contributed by atoms with van der Waals surface area (Å²) >= 11 is 0.